The lowest BCUT2D eigenvalue weighted by atomic mass is 9.90. The highest BCUT2D eigenvalue weighted by Gasteiger charge is 2.34. The number of anilines is 1. The van der Waals surface area contributed by atoms with Crippen molar-refractivity contribution in [3.8, 4) is 0 Å². The van der Waals surface area contributed by atoms with E-state index in [0.717, 1.165) is 73.5 Å². The highest BCUT2D eigenvalue weighted by molar-refractivity contribution is 7.99. The van der Waals surface area contributed by atoms with Crippen molar-refractivity contribution in [3.63, 3.8) is 0 Å². The van der Waals surface area contributed by atoms with Crippen LogP contribution in [0.1, 0.15) is 51.0 Å². The molecule has 1 atom stereocenters. The number of likely N-dealkylation sites (N-methyl/N-ethyl adjacent to an activating group) is 1. The van der Waals surface area contributed by atoms with Crippen molar-refractivity contribution in [1.82, 2.24) is 14.9 Å². The van der Waals surface area contributed by atoms with Crippen molar-refractivity contribution in [1.29, 1.82) is 0 Å². The van der Waals surface area contributed by atoms with Crippen LogP contribution in [0.15, 0.2) is 5.16 Å². The maximum absolute atomic E-state index is 6.22. The van der Waals surface area contributed by atoms with Crippen molar-refractivity contribution in [2.75, 3.05) is 43.4 Å². The first-order valence-electron chi connectivity index (χ1n) is 10.6. The fourth-order valence-corrected chi connectivity index (χ4v) is 5.87. The Morgan fingerprint density at radius 1 is 1.14 bits per heavy atom. The summed E-state index contributed by atoms with van der Waals surface area (Å²) in [4.78, 5) is 17.6. The van der Waals surface area contributed by atoms with E-state index in [0.29, 0.717) is 6.61 Å². The zero-order valence-electron chi connectivity index (χ0n) is 17.6. The van der Waals surface area contributed by atoms with E-state index in [2.05, 4.69) is 37.5 Å². The molecule has 28 heavy (non-hydrogen) atoms. The van der Waals surface area contributed by atoms with Crippen LogP contribution in [0.2, 0.25) is 0 Å². The Kier molecular flexibility index (Phi) is 6.16. The molecule has 2 aliphatic rings. The van der Waals surface area contributed by atoms with E-state index in [1.54, 1.807) is 11.8 Å². The van der Waals surface area contributed by atoms with Gasteiger partial charge in [-0.3, -0.25) is 0 Å². The minimum Gasteiger partial charge on any atom is -0.369 e. The molecule has 2 aliphatic heterocycles. The van der Waals surface area contributed by atoms with Gasteiger partial charge in [-0.15, -0.1) is 11.3 Å². The molecule has 0 saturated carbocycles. The van der Waals surface area contributed by atoms with E-state index < -0.39 is 0 Å². The molecule has 0 radical (unpaired) electrons. The SMILES string of the molecule is CCCSc1nc(N2CCN(CC)CC2)c2c3c(sc2n1)COC(C)(CC)C3. The molecule has 0 amide bonds. The van der Waals surface area contributed by atoms with Crippen LogP contribution >= 0.6 is 23.1 Å². The van der Waals surface area contributed by atoms with E-state index in [4.69, 9.17) is 14.7 Å². The molecule has 5 nitrogen and oxygen atoms in total. The molecule has 4 rings (SSSR count). The third-order valence-electron chi connectivity index (χ3n) is 6.10. The van der Waals surface area contributed by atoms with Crippen LogP contribution in [0.4, 0.5) is 5.82 Å². The Morgan fingerprint density at radius 3 is 2.61 bits per heavy atom. The quantitative estimate of drug-likeness (QED) is 0.503. The number of rotatable bonds is 6. The van der Waals surface area contributed by atoms with Gasteiger partial charge in [-0.25, -0.2) is 9.97 Å². The Balaban J connectivity index is 1.77. The first kappa shape index (κ1) is 20.4. The Hall–Kier alpha value is -0.890. The first-order valence-corrected chi connectivity index (χ1v) is 12.4. The predicted octanol–water partition coefficient (Wildman–Crippen LogP) is 4.58. The van der Waals surface area contributed by atoms with E-state index in [1.165, 1.54) is 15.8 Å². The van der Waals surface area contributed by atoms with E-state index in [-0.39, 0.29) is 5.60 Å². The highest BCUT2D eigenvalue weighted by atomic mass is 32.2. The van der Waals surface area contributed by atoms with Crippen molar-refractivity contribution in [2.24, 2.45) is 0 Å². The molecule has 1 fully saturated rings. The van der Waals surface area contributed by atoms with Gasteiger partial charge in [0, 0.05) is 43.2 Å². The zero-order chi connectivity index (χ0) is 19.7. The maximum Gasteiger partial charge on any atom is 0.190 e. The summed E-state index contributed by atoms with van der Waals surface area (Å²) in [7, 11) is 0. The first-order chi connectivity index (χ1) is 13.6. The summed E-state index contributed by atoms with van der Waals surface area (Å²) < 4.78 is 6.22. The molecule has 0 bridgehead atoms. The average Bonchev–Trinajstić information content (AvgIpc) is 3.09. The number of fused-ring (bicyclic) bond motifs is 3. The van der Waals surface area contributed by atoms with Crippen molar-refractivity contribution < 1.29 is 4.74 Å². The summed E-state index contributed by atoms with van der Waals surface area (Å²) in [6, 6.07) is 0. The van der Waals surface area contributed by atoms with Gasteiger partial charge in [0.15, 0.2) is 5.16 Å². The molecular weight excluding hydrogens is 388 g/mol. The van der Waals surface area contributed by atoms with Gasteiger partial charge in [0.05, 0.1) is 17.6 Å². The summed E-state index contributed by atoms with van der Waals surface area (Å²) in [5.41, 5.74) is 1.37. The zero-order valence-corrected chi connectivity index (χ0v) is 19.2. The highest BCUT2D eigenvalue weighted by Crippen LogP contribution is 2.43. The lowest BCUT2D eigenvalue weighted by Gasteiger charge is -2.36. The minimum atomic E-state index is -0.0746. The van der Waals surface area contributed by atoms with Gasteiger partial charge >= 0.3 is 0 Å². The van der Waals surface area contributed by atoms with Gasteiger partial charge in [-0.1, -0.05) is 32.5 Å². The second-order valence-corrected chi connectivity index (χ2v) is 10.2. The number of hydrogen-bond donors (Lipinski definition) is 0. The van der Waals surface area contributed by atoms with E-state index >= 15 is 0 Å². The Labute approximate surface area is 176 Å². The van der Waals surface area contributed by atoms with Crippen LogP contribution in [-0.4, -0.2) is 58.9 Å². The summed E-state index contributed by atoms with van der Waals surface area (Å²) >= 11 is 3.60. The van der Waals surface area contributed by atoms with Crippen LogP contribution in [0.5, 0.6) is 0 Å². The van der Waals surface area contributed by atoms with Crippen LogP contribution < -0.4 is 4.90 Å². The predicted molar refractivity (Wildman–Crippen MR) is 120 cm³/mol. The smallest absolute Gasteiger partial charge is 0.190 e. The van der Waals surface area contributed by atoms with Gasteiger partial charge in [-0.05, 0) is 31.9 Å². The molecule has 1 unspecified atom stereocenters. The van der Waals surface area contributed by atoms with Gasteiger partial charge in [-0.2, -0.15) is 0 Å². The molecule has 2 aromatic rings. The maximum atomic E-state index is 6.22. The van der Waals surface area contributed by atoms with Crippen molar-refractivity contribution in [3.05, 3.63) is 10.4 Å². The lowest BCUT2D eigenvalue weighted by molar-refractivity contribution is -0.0543. The molecule has 0 N–H and O–H groups in total. The second kappa shape index (κ2) is 8.46. The molecule has 1 saturated heterocycles. The minimum absolute atomic E-state index is 0.0746. The third kappa shape index (κ3) is 3.91. The number of aromatic nitrogens is 2. The molecule has 2 aromatic heterocycles. The molecule has 154 valence electrons. The molecule has 0 spiro atoms. The molecule has 7 heteroatoms. The third-order valence-corrected chi connectivity index (χ3v) is 8.25. The monoisotopic (exact) mass is 420 g/mol. The van der Waals surface area contributed by atoms with Gasteiger partial charge in [0.25, 0.3) is 0 Å². The largest absolute Gasteiger partial charge is 0.369 e. The summed E-state index contributed by atoms with van der Waals surface area (Å²) in [5, 5.41) is 2.23. The molecular formula is C21H32N4OS2. The standard InChI is InChI=1S/C21H32N4OS2/c1-5-12-27-20-22-18(25-10-8-24(7-3)9-11-25)17-15-13-21(4,6-2)26-14-16(15)28-19(17)23-20/h5-14H2,1-4H3. The Morgan fingerprint density at radius 2 is 1.93 bits per heavy atom. The summed E-state index contributed by atoms with van der Waals surface area (Å²) in [6.45, 7) is 15.1. The molecule has 0 aromatic carbocycles. The fraction of sp³-hybridized carbons (Fsp3) is 0.714. The number of hydrogen-bond acceptors (Lipinski definition) is 7. The average molecular weight is 421 g/mol. The summed E-state index contributed by atoms with van der Waals surface area (Å²) in [6.07, 6.45) is 3.13. The fourth-order valence-electron chi connectivity index (χ4n) is 4.02. The van der Waals surface area contributed by atoms with E-state index in [1.807, 2.05) is 11.3 Å². The normalized spacial score (nSPS) is 23.4. The number of nitrogens with zero attached hydrogens (tertiary/aromatic N) is 4. The van der Waals surface area contributed by atoms with E-state index in [9.17, 15) is 0 Å². The van der Waals surface area contributed by atoms with Crippen LogP contribution in [0, 0.1) is 0 Å². The number of thiophene rings is 1. The molecule has 0 aliphatic carbocycles. The van der Waals surface area contributed by atoms with Crippen LogP contribution in [0.3, 0.4) is 0 Å². The van der Waals surface area contributed by atoms with Crippen molar-refractivity contribution in [2.45, 2.75) is 64.3 Å². The Bertz CT molecular complexity index is 831. The number of piperazine rings is 1. The van der Waals surface area contributed by atoms with Gasteiger partial charge in [0.2, 0.25) is 0 Å². The number of ether oxygens (including phenoxy) is 1. The van der Waals surface area contributed by atoms with Crippen LogP contribution in [-0.2, 0) is 17.8 Å². The topological polar surface area (TPSA) is 41.5 Å². The van der Waals surface area contributed by atoms with Gasteiger partial charge < -0.3 is 14.5 Å². The second-order valence-electron chi connectivity index (χ2n) is 8.05. The number of thioether (sulfide) groups is 1. The lowest BCUT2D eigenvalue weighted by Crippen LogP contribution is -2.46. The van der Waals surface area contributed by atoms with Gasteiger partial charge in [0.1, 0.15) is 10.6 Å². The van der Waals surface area contributed by atoms with Crippen LogP contribution in [0.25, 0.3) is 10.2 Å². The molecule has 4 heterocycles. The van der Waals surface area contributed by atoms with Crippen molar-refractivity contribution >= 4 is 39.1 Å². The summed E-state index contributed by atoms with van der Waals surface area (Å²) in [5.74, 6) is 2.23.